The zero-order chi connectivity index (χ0) is 14.5. The highest BCUT2D eigenvalue weighted by molar-refractivity contribution is 6.31. The summed E-state index contributed by atoms with van der Waals surface area (Å²) in [5.41, 5.74) is 1.39. The predicted octanol–water partition coefficient (Wildman–Crippen LogP) is 2.57. The summed E-state index contributed by atoms with van der Waals surface area (Å²) in [5.74, 6) is -0.125. The molecule has 2 heterocycles. The van der Waals surface area contributed by atoms with E-state index in [-0.39, 0.29) is 0 Å². The summed E-state index contributed by atoms with van der Waals surface area (Å²) < 4.78 is 6.52. The molecule has 20 heavy (non-hydrogen) atoms. The molecular weight excluding hydrogens is 282 g/mol. The Morgan fingerprint density at radius 1 is 1.60 bits per heavy atom. The Labute approximate surface area is 120 Å². The average molecular weight is 294 g/mol. The zero-order valence-electron chi connectivity index (χ0n) is 10.9. The smallest absolute Gasteiger partial charge is 0.358 e. The first-order chi connectivity index (χ1) is 9.58. The number of oxime groups is 1. The van der Waals surface area contributed by atoms with E-state index in [1.54, 1.807) is 26.1 Å². The summed E-state index contributed by atoms with van der Waals surface area (Å²) in [6.45, 7) is 1.80. The van der Waals surface area contributed by atoms with Crippen molar-refractivity contribution in [3.8, 4) is 0 Å². The number of furan rings is 1. The van der Waals surface area contributed by atoms with Crippen molar-refractivity contribution in [1.29, 1.82) is 0 Å². The molecule has 0 unspecified atom stereocenters. The number of aryl methyl sites for hydroxylation is 2. The molecule has 2 aromatic rings. The number of nitrogens with zero attached hydrogens (tertiary/aromatic N) is 3. The van der Waals surface area contributed by atoms with Crippen LogP contribution in [-0.4, -0.2) is 22.0 Å². The Balaban J connectivity index is 1.96. The highest BCUT2D eigenvalue weighted by Crippen LogP contribution is 2.19. The normalized spacial score (nSPS) is 11.6. The summed E-state index contributed by atoms with van der Waals surface area (Å²) in [5, 5.41) is 8.08. The van der Waals surface area contributed by atoms with Gasteiger partial charge >= 0.3 is 5.97 Å². The molecule has 2 rings (SSSR count). The molecule has 0 N–H and O–H groups in total. The Bertz CT molecular complexity index is 657. The Morgan fingerprint density at radius 2 is 2.40 bits per heavy atom. The SMILES string of the molecule is Cc1nn(C)c(Cl)c1/C=C/C(=O)ON=Cc1ccco1. The van der Waals surface area contributed by atoms with Crippen molar-refractivity contribution in [3.63, 3.8) is 0 Å². The largest absolute Gasteiger partial charge is 0.463 e. The van der Waals surface area contributed by atoms with E-state index in [0.717, 1.165) is 5.69 Å². The number of carbonyl (C=O) groups is 1. The minimum absolute atomic E-state index is 0.450. The second kappa shape index (κ2) is 6.21. The maximum atomic E-state index is 11.5. The van der Waals surface area contributed by atoms with E-state index < -0.39 is 5.97 Å². The zero-order valence-corrected chi connectivity index (χ0v) is 11.7. The monoisotopic (exact) mass is 293 g/mol. The molecule has 2 aromatic heterocycles. The van der Waals surface area contributed by atoms with Crippen LogP contribution in [0.5, 0.6) is 0 Å². The van der Waals surface area contributed by atoms with E-state index in [1.165, 1.54) is 29.3 Å². The fourth-order valence-corrected chi connectivity index (χ4v) is 1.75. The van der Waals surface area contributed by atoms with Crippen LogP contribution in [0.25, 0.3) is 6.08 Å². The topological polar surface area (TPSA) is 69.6 Å². The molecule has 6 nitrogen and oxygen atoms in total. The number of hydrogen-bond donors (Lipinski definition) is 0. The van der Waals surface area contributed by atoms with Gasteiger partial charge in [-0.3, -0.25) is 4.68 Å². The highest BCUT2D eigenvalue weighted by atomic mass is 35.5. The second-order valence-corrected chi connectivity index (χ2v) is 4.27. The van der Waals surface area contributed by atoms with Crippen LogP contribution in [0, 0.1) is 6.92 Å². The van der Waals surface area contributed by atoms with Crippen molar-refractivity contribution in [3.05, 3.63) is 46.6 Å². The van der Waals surface area contributed by atoms with Gasteiger partial charge in [-0.05, 0) is 25.1 Å². The number of aromatic nitrogens is 2. The minimum Gasteiger partial charge on any atom is -0.463 e. The molecule has 7 heteroatoms. The molecule has 0 radical (unpaired) electrons. The molecule has 0 bridgehead atoms. The van der Waals surface area contributed by atoms with Crippen LogP contribution in [-0.2, 0) is 16.7 Å². The van der Waals surface area contributed by atoms with Crippen molar-refractivity contribution < 1.29 is 14.0 Å². The van der Waals surface area contributed by atoms with Gasteiger partial charge in [0.05, 0.1) is 12.0 Å². The summed E-state index contributed by atoms with van der Waals surface area (Å²) in [4.78, 5) is 16.1. The minimum atomic E-state index is -0.618. The predicted molar refractivity (Wildman–Crippen MR) is 74.4 cm³/mol. The maximum Gasteiger partial charge on any atom is 0.358 e. The van der Waals surface area contributed by atoms with E-state index in [0.29, 0.717) is 16.5 Å². The maximum absolute atomic E-state index is 11.5. The molecule has 0 saturated heterocycles. The number of halogens is 1. The first kappa shape index (κ1) is 14.1. The van der Waals surface area contributed by atoms with E-state index in [2.05, 4.69) is 15.1 Å². The molecule has 0 saturated carbocycles. The lowest BCUT2D eigenvalue weighted by Gasteiger charge is -1.92. The third kappa shape index (κ3) is 3.36. The van der Waals surface area contributed by atoms with Crippen LogP contribution in [0.2, 0.25) is 5.15 Å². The lowest BCUT2D eigenvalue weighted by Crippen LogP contribution is -1.94. The molecule has 0 atom stereocenters. The lowest BCUT2D eigenvalue weighted by molar-refractivity contribution is -0.137. The summed E-state index contributed by atoms with van der Waals surface area (Å²) in [7, 11) is 1.72. The summed E-state index contributed by atoms with van der Waals surface area (Å²) >= 11 is 6.02. The van der Waals surface area contributed by atoms with Crippen LogP contribution in [0.3, 0.4) is 0 Å². The lowest BCUT2D eigenvalue weighted by atomic mass is 10.2. The average Bonchev–Trinajstić information content (AvgIpc) is 2.98. The molecule has 104 valence electrons. The molecule has 0 aliphatic carbocycles. The third-order valence-corrected chi connectivity index (χ3v) is 2.90. The number of rotatable bonds is 4. The van der Waals surface area contributed by atoms with E-state index in [9.17, 15) is 4.79 Å². The van der Waals surface area contributed by atoms with Crippen molar-refractivity contribution in [1.82, 2.24) is 9.78 Å². The van der Waals surface area contributed by atoms with Gasteiger partial charge in [-0.2, -0.15) is 5.10 Å². The third-order valence-electron chi connectivity index (χ3n) is 2.45. The number of hydrogen-bond acceptors (Lipinski definition) is 5. The van der Waals surface area contributed by atoms with E-state index in [1.807, 2.05) is 0 Å². The van der Waals surface area contributed by atoms with E-state index >= 15 is 0 Å². The fraction of sp³-hybridized carbons (Fsp3) is 0.154. The molecule has 0 aliphatic rings. The molecule has 0 aromatic carbocycles. The quantitative estimate of drug-likeness (QED) is 0.376. The van der Waals surface area contributed by atoms with Crippen molar-refractivity contribution in [2.45, 2.75) is 6.92 Å². The van der Waals surface area contributed by atoms with Gasteiger partial charge in [0.2, 0.25) is 0 Å². The molecule has 0 fully saturated rings. The van der Waals surface area contributed by atoms with Crippen molar-refractivity contribution in [2.75, 3.05) is 0 Å². The molecule has 0 amide bonds. The summed E-state index contributed by atoms with van der Waals surface area (Å²) in [6, 6.07) is 3.39. The van der Waals surface area contributed by atoms with Gasteiger partial charge in [-0.15, -0.1) is 0 Å². The standard InChI is InChI=1S/C13H12ClN3O3/c1-9-11(13(14)17(2)16-9)5-6-12(18)20-15-8-10-4-3-7-19-10/h3-8H,1-2H3/b6-5+,15-8?. The Kier molecular flexibility index (Phi) is 4.37. The second-order valence-electron chi connectivity index (χ2n) is 3.91. The van der Waals surface area contributed by atoms with Gasteiger partial charge in [0, 0.05) is 18.7 Å². The van der Waals surface area contributed by atoms with Gasteiger partial charge in [-0.1, -0.05) is 16.8 Å². The van der Waals surface area contributed by atoms with Gasteiger partial charge in [0.1, 0.15) is 17.1 Å². The van der Waals surface area contributed by atoms with Gasteiger partial charge in [0.15, 0.2) is 0 Å². The fourth-order valence-electron chi connectivity index (χ4n) is 1.51. The molecule has 0 spiro atoms. The highest BCUT2D eigenvalue weighted by Gasteiger charge is 2.08. The first-order valence-electron chi connectivity index (χ1n) is 5.73. The van der Waals surface area contributed by atoms with Crippen molar-refractivity contribution >= 4 is 29.9 Å². The van der Waals surface area contributed by atoms with E-state index in [4.69, 9.17) is 16.0 Å². The van der Waals surface area contributed by atoms with Crippen LogP contribution in [0.4, 0.5) is 0 Å². The van der Waals surface area contributed by atoms with Gasteiger partial charge in [-0.25, -0.2) is 4.79 Å². The first-order valence-corrected chi connectivity index (χ1v) is 6.10. The Morgan fingerprint density at radius 3 is 3.00 bits per heavy atom. The van der Waals surface area contributed by atoms with Crippen LogP contribution in [0.1, 0.15) is 17.0 Å². The molecule has 0 aliphatic heterocycles. The van der Waals surface area contributed by atoms with Crippen molar-refractivity contribution in [2.24, 2.45) is 12.2 Å². The van der Waals surface area contributed by atoms with Crippen LogP contribution in [0.15, 0.2) is 34.0 Å². The Hall–Kier alpha value is -2.34. The van der Waals surface area contributed by atoms with Gasteiger partial charge < -0.3 is 9.25 Å². The van der Waals surface area contributed by atoms with Crippen LogP contribution >= 0.6 is 11.6 Å². The van der Waals surface area contributed by atoms with Gasteiger partial charge in [0.25, 0.3) is 0 Å². The van der Waals surface area contributed by atoms with Crippen LogP contribution < -0.4 is 0 Å². The number of carbonyl (C=O) groups excluding carboxylic acids is 1. The molecular formula is C13H12ClN3O3. The summed E-state index contributed by atoms with van der Waals surface area (Å²) in [6.07, 6.45) is 5.56.